The van der Waals surface area contributed by atoms with Gasteiger partial charge in [-0.3, -0.25) is 19.8 Å². The molecule has 1 fully saturated rings. The first-order valence-electron chi connectivity index (χ1n) is 9.92. The molecule has 0 aliphatic carbocycles. The van der Waals surface area contributed by atoms with Crippen molar-refractivity contribution < 1.29 is 24.0 Å². The fraction of sp³-hybridized carbons (Fsp3) is 0.0870. The zero-order valence-electron chi connectivity index (χ0n) is 17.6. The van der Waals surface area contributed by atoms with Crippen molar-refractivity contribution in [2.24, 2.45) is 0 Å². The van der Waals surface area contributed by atoms with Crippen LogP contribution >= 0.6 is 35.3 Å². The zero-order chi connectivity index (χ0) is 24.2. The summed E-state index contributed by atoms with van der Waals surface area (Å²) in [6.45, 7) is 2.16. The molecule has 1 aromatic heterocycles. The molecule has 1 aliphatic rings. The van der Waals surface area contributed by atoms with E-state index >= 15 is 0 Å². The van der Waals surface area contributed by atoms with E-state index in [-0.39, 0.29) is 21.7 Å². The second kappa shape index (κ2) is 10.2. The molecule has 0 spiro atoms. The van der Waals surface area contributed by atoms with E-state index < -0.39 is 10.9 Å². The van der Waals surface area contributed by atoms with E-state index in [1.165, 1.54) is 34.4 Å². The predicted octanol–water partition coefficient (Wildman–Crippen LogP) is 5.68. The number of rotatable bonds is 7. The van der Waals surface area contributed by atoms with Gasteiger partial charge in [0.25, 0.3) is 11.6 Å². The lowest BCUT2D eigenvalue weighted by Crippen LogP contribution is -2.27. The number of nitro benzene ring substituents is 1. The highest BCUT2D eigenvalue weighted by Crippen LogP contribution is 2.38. The number of non-ortho nitro benzene ring substituents is 1. The Morgan fingerprint density at radius 3 is 2.71 bits per heavy atom. The van der Waals surface area contributed by atoms with Crippen LogP contribution in [0.3, 0.4) is 0 Å². The maximum absolute atomic E-state index is 13.0. The van der Waals surface area contributed by atoms with Crippen LogP contribution in [0.4, 0.5) is 11.4 Å². The number of hydrogen-bond donors (Lipinski definition) is 0. The molecule has 1 amide bonds. The molecule has 0 N–H and O–H groups in total. The predicted molar refractivity (Wildman–Crippen MR) is 136 cm³/mol. The van der Waals surface area contributed by atoms with Crippen molar-refractivity contribution in [1.82, 2.24) is 0 Å². The summed E-state index contributed by atoms with van der Waals surface area (Å²) >= 11 is 7.72. The van der Waals surface area contributed by atoms with Gasteiger partial charge in [-0.25, -0.2) is 4.79 Å². The second-order valence-electron chi connectivity index (χ2n) is 6.80. The summed E-state index contributed by atoms with van der Waals surface area (Å²) in [5, 5.41) is 12.9. The Labute approximate surface area is 207 Å². The van der Waals surface area contributed by atoms with Gasteiger partial charge in [0, 0.05) is 12.1 Å². The topological polar surface area (TPSA) is 99.0 Å². The number of thiophene rings is 1. The van der Waals surface area contributed by atoms with Gasteiger partial charge in [-0.2, -0.15) is 0 Å². The van der Waals surface area contributed by atoms with Crippen molar-refractivity contribution in [2.75, 3.05) is 11.5 Å². The van der Waals surface area contributed by atoms with Gasteiger partial charge in [-0.05, 0) is 48.2 Å². The summed E-state index contributed by atoms with van der Waals surface area (Å²) in [6, 6.07) is 14.1. The highest BCUT2D eigenvalue weighted by molar-refractivity contribution is 8.27. The molecule has 4 rings (SSSR count). The van der Waals surface area contributed by atoms with Gasteiger partial charge in [0.1, 0.15) is 4.88 Å². The Morgan fingerprint density at radius 2 is 2.00 bits per heavy atom. The van der Waals surface area contributed by atoms with Gasteiger partial charge in [0.2, 0.25) is 0 Å². The van der Waals surface area contributed by atoms with Crippen LogP contribution < -0.4 is 14.4 Å². The average Bonchev–Trinajstić information content (AvgIpc) is 3.44. The fourth-order valence-corrected chi connectivity index (χ4v) is 5.00. The van der Waals surface area contributed by atoms with E-state index in [0.717, 1.165) is 11.8 Å². The number of carbonyl (C=O) groups excluding carboxylic acids is 2. The van der Waals surface area contributed by atoms with Gasteiger partial charge >= 0.3 is 5.97 Å². The number of thioether (sulfide) groups is 1. The summed E-state index contributed by atoms with van der Waals surface area (Å²) in [5.74, 6) is -0.250. The molecule has 8 nitrogen and oxygen atoms in total. The summed E-state index contributed by atoms with van der Waals surface area (Å²) in [5.41, 5.74) is 0.828. The maximum atomic E-state index is 13.0. The second-order valence-corrected chi connectivity index (χ2v) is 9.42. The van der Waals surface area contributed by atoms with Gasteiger partial charge in [0.15, 0.2) is 15.8 Å². The van der Waals surface area contributed by atoms with E-state index in [1.54, 1.807) is 47.9 Å². The van der Waals surface area contributed by atoms with Crippen molar-refractivity contribution in [3.05, 3.63) is 85.4 Å². The Balaban J connectivity index is 1.59. The van der Waals surface area contributed by atoms with Gasteiger partial charge < -0.3 is 9.47 Å². The van der Waals surface area contributed by atoms with Gasteiger partial charge in [0.05, 0.1) is 22.1 Å². The minimum Gasteiger partial charge on any atom is -0.490 e. The van der Waals surface area contributed by atoms with Crippen molar-refractivity contribution in [2.45, 2.75) is 6.92 Å². The van der Waals surface area contributed by atoms with Crippen molar-refractivity contribution in [3.8, 4) is 11.5 Å². The van der Waals surface area contributed by atoms with Crippen LogP contribution in [0.15, 0.2) is 64.9 Å². The van der Waals surface area contributed by atoms with Crippen LogP contribution in [0.2, 0.25) is 0 Å². The van der Waals surface area contributed by atoms with Gasteiger partial charge in [-0.15, -0.1) is 11.3 Å². The molecular formula is C23H16N2O6S3. The van der Waals surface area contributed by atoms with Crippen LogP contribution in [0.25, 0.3) is 6.08 Å². The SMILES string of the molecule is CCOc1cc(/C=C2/SC(=S)N(c3cccc([N+](=O)[O-])c3)C2=O)ccc1OC(=O)c1cccs1. The van der Waals surface area contributed by atoms with Crippen molar-refractivity contribution >= 4 is 69.0 Å². The number of nitrogens with zero attached hydrogens (tertiary/aromatic N) is 2. The van der Waals surface area contributed by atoms with Crippen LogP contribution in [0.1, 0.15) is 22.2 Å². The van der Waals surface area contributed by atoms with Crippen molar-refractivity contribution in [1.29, 1.82) is 0 Å². The molecule has 3 aromatic rings. The van der Waals surface area contributed by atoms with Gasteiger partial charge in [-0.1, -0.05) is 42.2 Å². The Morgan fingerprint density at radius 1 is 1.18 bits per heavy atom. The smallest absolute Gasteiger partial charge is 0.353 e. The standard InChI is InChI=1S/C23H16N2O6S3/c1-2-30-18-11-14(8-9-17(18)31-22(27)19-7-4-10-33-19)12-20-21(26)24(23(32)34-20)15-5-3-6-16(13-15)25(28)29/h3-13H,2H2,1H3/b20-12+. The Bertz CT molecular complexity index is 1320. The number of carbonyl (C=O) groups is 2. The van der Waals surface area contributed by atoms with E-state index in [2.05, 4.69) is 0 Å². The lowest BCUT2D eigenvalue weighted by atomic mass is 10.1. The molecule has 0 radical (unpaired) electrons. The molecule has 1 saturated heterocycles. The highest BCUT2D eigenvalue weighted by atomic mass is 32.2. The Kier molecular flexibility index (Phi) is 7.06. The molecule has 2 aromatic carbocycles. The lowest BCUT2D eigenvalue weighted by molar-refractivity contribution is -0.384. The van der Waals surface area contributed by atoms with E-state index in [4.69, 9.17) is 21.7 Å². The number of esters is 1. The van der Waals surface area contributed by atoms with Crippen LogP contribution in [-0.4, -0.2) is 27.7 Å². The summed E-state index contributed by atoms with van der Waals surface area (Å²) in [7, 11) is 0. The molecule has 0 bridgehead atoms. The third kappa shape index (κ3) is 5.01. The third-order valence-corrected chi connectivity index (χ3v) is 6.73. The normalized spacial score (nSPS) is 14.5. The summed E-state index contributed by atoms with van der Waals surface area (Å²) in [4.78, 5) is 38.0. The first-order chi connectivity index (χ1) is 16.4. The summed E-state index contributed by atoms with van der Waals surface area (Å²) < 4.78 is 11.4. The first kappa shape index (κ1) is 23.6. The molecule has 11 heteroatoms. The monoisotopic (exact) mass is 512 g/mol. The number of thiocarbonyl (C=S) groups is 1. The number of amides is 1. The molecule has 0 unspecified atom stereocenters. The molecular weight excluding hydrogens is 496 g/mol. The fourth-order valence-electron chi connectivity index (χ4n) is 3.10. The molecule has 0 atom stereocenters. The number of nitro groups is 1. The summed E-state index contributed by atoms with van der Waals surface area (Å²) in [6.07, 6.45) is 1.64. The zero-order valence-corrected chi connectivity index (χ0v) is 20.1. The van der Waals surface area contributed by atoms with Crippen LogP contribution in [-0.2, 0) is 4.79 Å². The van der Waals surface area contributed by atoms with E-state index in [0.29, 0.717) is 33.4 Å². The first-order valence-corrected chi connectivity index (χ1v) is 12.0. The number of hydrogen-bond acceptors (Lipinski definition) is 9. The molecule has 172 valence electrons. The van der Waals surface area contributed by atoms with Crippen LogP contribution in [0, 0.1) is 10.1 Å². The quantitative estimate of drug-likeness (QED) is 0.0996. The number of anilines is 1. The minimum atomic E-state index is -0.529. The largest absolute Gasteiger partial charge is 0.490 e. The Hall–Kier alpha value is -3.54. The number of benzene rings is 2. The van der Waals surface area contributed by atoms with E-state index in [1.807, 2.05) is 6.92 Å². The molecule has 1 aliphatic heterocycles. The lowest BCUT2D eigenvalue weighted by Gasteiger charge is -2.14. The maximum Gasteiger partial charge on any atom is 0.353 e. The van der Waals surface area contributed by atoms with Crippen molar-refractivity contribution in [3.63, 3.8) is 0 Å². The van der Waals surface area contributed by atoms with Crippen LogP contribution in [0.5, 0.6) is 11.5 Å². The highest BCUT2D eigenvalue weighted by Gasteiger charge is 2.34. The molecule has 34 heavy (non-hydrogen) atoms. The molecule has 0 saturated carbocycles. The van der Waals surface area contributed by atoms with E-state index in [9.17, 15) is 19.7 Å². The third-order valence-electron chi connectivity index (χ3n) is 4.58. The number of ether oxygens (including phenoxy) is 2. The molecule has 2 heterocycles. The average molecular weight is 513 g/mol. The minimum absolute atomic E-state index is 0.135.